The van der Waals surface area contributed by atoms with Gasteiger partial charge in [0.2, 0.25) is 10.0 Å². The van der Waals surface area contributed by atoms with Crippen molar-refractivity contribution < 1.29 is 22.3 Å². The fourth-order valence-electron chi connectivity index (χ4n) is 2.28. The van der Waals surface area contributed by atoms with Gasteiger partial charge in [-0.2, -0.15) is 4.31 Å². The number of hydrogen-bond acceptors (Lipinski definition) is 4. The van der Waals surface area contributed by atoms with Crippen molar-refractivity contribution >= 4 is 10.0 Å². The van der Waals surface area contributed by atoms with Gasteiger partial charge >= 0.3 is 0 Å². The molecule has 0 N–H and O–H groups in total. The molecule has 0 bridgehead atoms. The molecular weight excluding hydrogens is 333 g/mol. The number of hydrogen-bond donors (Lipinski definition) is 0. The Labute approximate surface area is 141 Å². The molecule has 0 radical (unpaired) electrons. The van der Waals surface area contributed by atoms with Gasteiger partial charge in [-0.3, -0.25) is 0 Å². The molecule has 0 saturated carbocycles. The van der Waals surface area contributed by atoms with Crippen LogP contribution in [0.4, 0.5) is 4.39 Å². The van der Waals surface area contributed by atoms with E-state index in [-0.39, 0.29) is 23.7 Å². The summed E-state index contributed by atoms with van der Waals surface area (Å²) in [6.07, 6.45) is 0. The van der Waals surface area contributed by atoms with E-state index in [9.17, 15) is 12.8 Å². The highest BCUT2D eigenvalue weighted by Gasteiger charge is 2.23. The number of nitrogens with zero attached hydrogens (tertiary/aromatic N) is 1. The minimum atomic E-state index is -3.68. The predicted octanol–water partition coefficient (Wildman–Crippen LogP) is 3.05. The summed E-state index contributed by atoms with van der Waals surface area (Å²) in [5.74, 6) is 0.182. The highest BCUT2D eigenvalue weighted by Crippen LogP contribution is 2.23. The Kier molecular flexibility index (Phi) is 5.80. The van der Waals surface area contributed by atoms with Gasteiger partial charge in [-0.05, 0) is 42.0 Å². The maximum absolute atomic E-state index is 13.8. The molecule has 2 rings (SSSR count). The lowest BCUT2D eigenvalue weighted by atomic mass is 10.2. The van der Waals surface area contributed by atoms with Crippen LogP contribution in [-0.2, 0) is 16.6 Å². The van der Waals surface area contributed by atoms with E-state index < -0.39 is 15.8 Å². The molecular formula is C17H20FNO4S. The highest BCUT2D eigenvalue weighted by atomic mass is 32.2. The Balaban J connectivity index is 2.27. The summed E-state index contributed by atoms with van der Waals surface area (Å²) in [5, 5.41) is 0. The molecule has 0 spiro atoms. The van der Waals surface area contributed by atoms with Gasteiger partial charge in [0, 0.05) is 13.1 Å². The first-order valence-corrected chi connectivity index (χ1v) is 8.83. The molecule has 0 aliphatic heterocycles. The van der Waals surface area contributed by atoms with E-state index in [4.69, 9.17) is 9.47 Å². The zero-order chi connectivity index (χ0) is 17.7. The molecule has 0 aliphatic rings. The normalized spacial score (nSPS) is 11.5. The zero-order valence-electron chi connectivity index (χ0n) is 13.8. The van der Waals surface area contributed by atoms with E-state index in [0.717, 1.165) is 0 Å². The van der Waals surface area contributed by atoms with Crippen LogP contribution < -0.4 is 9.47 Å². The Bertz CT molecular complexity index is 791. The summed E-state index contributed by atoms with van der Waals surface area (Å²) in [5.41, 5.74) is 0.548. The van der Waals surface area contributed by atoms with Crippen molar-refractivity contribution in [2.75, 3.05) is 20.8 Å². The minimum absolute atomic E-state index is 0.0752. The molecule has 130 valence electrons. The van der Waals surface area contributed by atoms with Crippen LogP contribution in [0.15, 0.2) is 47.4 Å². The second-order valence-corrected chi connectivity index (χ2v) is 7.01. The maximum atomic E-state index is 13.8. The highest BCUT2D eigenvalue weighted by molar-refractivity contribution is 7.89. The number of sulfonamides is 1. The molecule has 2 aromatic carbocycles. The average Bonchev–Trinajstić information content (AvgIpc) is 2.59. The largest absolute Gasteiger partial charge is 0.497 e. The third-order valence-electron chi connectivity index (χ3n) is 3.63. The smallest absolute Gasteiger partial charge is 0.243 e. The first-order chi connectivity index (χ1) is 11.4. The minimum Gasteiger partial charge on any atom is -0.497 e. The van der Waals surface area contributed by atoms with E-state index >= 15 is 0 Å². The van der Waals surface area contributed by atoms with Gasteiger partial charge in [-0.1, -0.05) is 13.0 Å². The van der Waals surface area contributed by atoms with Crippen molar-refractivity contribution in [3.8, 4) is 11.5 Å². The summed E-state index contributed by atoms with van der Waals surface area (Å²) >= 11 is 0. The monoisotopic (exact) mass is 353 g/mol. The topological polar surface area (TPSA) is 55.8 Å². The van der Waals surface area contributed by atoms with Gasteiger partial charge in [0.1, 0.15) is 5.75 Å². The molecule has 7 heteroatoms. The second kappa shape index (κ2) is 7.63. The Morgan fingerprint density at radius 3 is 2.21 bits per heavy atom. The third kappa shape index (κ3) is 3.85. The molecule has 0 aliphatic carbocycles. The molecule has 0 heterocycles. The molecule has 0 unspecified atom stereocenters. The number of halogens is 1. The van der Waals surface area contributed by atoms with Crippen molar-refractivity contribution in [3.63, 3.8) is 0 Å². The summed E-state index contributed by atoms with van der Waals surface area (Å²) in [4.78, 5) is 0.166. The van der Waals surface area contributed by atoms with Crippen LogP contribution in [0.1, 0.15) is 12.5 Å². The van der Waals surface area contributed by atoms with Crippen LogP contribution in [-0.4, -0.2) is 33.5 Å². The van der Waals surface area contributed by atoms with E-state index in [1.807, 2.05) is 0 Å². The van der Waals surface area contributed by atoms with E-state index in [1.54, 1.807) is 25.1 Å². The summed E-state index contributed by atoms with van der Waals surface area (Å²) in [6.45, 7) is 2.08. The van der Waals surface area contributed by atoms with E-state index in [0.29, 0.717) is 11.3 Å². The first kappa shape index (κ1) is 18.2. The molecule has 0 amide bonds. The van der Waals surface area contributed by atoms with Crippen LogP contribution in [0.2, 0.25) is 0 Å². The quantitative estimate of drug-likeness (QED) is 0.768. The number of benzene rings is 2. The van der Waals surface area contributed by atoms with Gasteiger partial charge < -0.3 is 9.47 Å². The number of ether oxygens (including phenoxy) is 2. The summed E-state index contributed by atoms with van der Waals surface area (Å²) in [7, 11) is -0.785. The Morgan fingerprint density at radius 1 is 1.04 bits per heavy atom. The van der Waals surface area contributed by atoms with Crippen molar-refractivity contribution in [3.05, 3.63) is 53.8 Å². The molecule has 5 nitrogen and oxygen atoms in total. The van der Waals surface area contributed by atoms with Gasteiger partial charge in [0.05, 0.1) is 19.1 Å². The molecule has 0 aromatic heterocycles. The number of methoxy groups -OCH3 is 2. The van der Waals surface area contributed by atoms with Crippen molar-refractivity contribution in [1.29, 1.82) is 0 Å². The van der Waals surface area contributed by atoms with Crippen LogP contribution >= 0.6 is 0 Å². The number of rotatable bonds is 7. The van der Waals surface area contributed by atoms with Crippen LogP contribution in [0.3, 0.4) is 0 Å². The second-order valence-electron chi connectivity index (χ2n) is 5.08. The maximum Gasteiger partial charge on any atom is 0.243 e. The summed E-state index contributed by atoms with van der Waals surface area (Å²) in [6, 6.07) is 10.6. The average molecular weight is 353 g/mol. The standard InChI is InChI=1S/C17H20FNO4S/c1-4-19(12-13-5-10-17(23-3)16(18)11-13)24(20,21)15-8-6-14(22-2)7-9-15/h5-11H,4,12H2,1-3H3. The fraction of sp³-hybridized carbons (Fsp3) is 0.294. The van der Waals surface area contributed by atoms with E-state index in [1.165, 1.54) is 42.8 Å². The van der Waals surface area contributed by atoms with Crippen LogP contribution in [0, 0.1) is 5.82 Å². The van der Waals surface area contributed by atoms with Crippen molar-refractivity contribution in [2.24, 2.45) is 0 Å². The molecule has 2 aromatic rings. The van der Waals surface area contributed by atoms with Gasteiger partial charge in [0.15, 0.2) is 11.6 Å². The van der Waals surface area contributed by atoms with Gasteiger partial charge in [-0.15, -0.1) is 0 Å². The molecule has 0 saturated heterocycles. The van der Waals surface area contributed by atoms with Crippen LogP contribution in [0.25, 0.3) is 0 Å². The van der Waals surface area contributed by atoms with Crippen molar-refractivity contribution in [1.82, 2.24) is 4.31 Å². The lowest BCUT2D eigenvalue weighted by Gasteiger charge is -2.21. The first-order valence-electron chi connectivity index (χ1n) is 7.39. The SMILES string of the molecule is CCN(Cc1ccc(OC)c(F)c1)S(=O)(=O)c1ccc(OC)cc1. The fourth-order valence-corrected chi connectivity index (χ4v) is 3.71. The Morgan fingerprint density at radius 2 is 1.71 bits per heavy atom. The van der Waals surface area contributed by atoms with Gasteiger partial charge in [-0.25, -0.2) is 12.8 Å². The van der Waals surface area contributed by atoms with Crippen LogP contribution in [0.5, 0.6) is 11.5 Å². The molecule has 24 heavy (non-hydrogen) atoms. The Hall–Kier alpha value is -2.12. The van der Waals surface area contributed by atoms with Crippen molar-refractivity contribution in [2.45, 2.75) is 18.4 Å². The molecule has 0 atom stereocenters. The van der Waals surface area contributed by atoms with Gasteiger partial charge in [0.25, 0.3) is 0 Å². The summed E-state index contributed by atoms with van der Waals surface area (Å²) < 4.78 is 50.5. The molecule has 0 fully saturated rings. The predicted molar refractivity (Wildman–Crippen MR) is 89.2 cm³/mol. The zero-order valence-corrected chi connectivity index (χ0v) is 14.6. The lowest BCUT2D eigenvalue weighted by molar-refractivity contribution is 0.384. The van der Waals surface area contributed by atoms with E-state index in [2.05, 4.69) is 0 Å². The third-order valence-corrected chi connectivity index (χ3v) is 5.56. The lowest BCUT2D eigenvalue weighted by Crippen LogP contribution is -2.30.